The van der Waals surface area contributed by atoms with Crippen LogP contribution in [0.15, 0.2) is 36.7 Å². The van der Waals surface area contributed by atoms with E-state index in [2.05, 4.69) is 22.1 Å². The van der Waals surface area contributed by atoms with Crippen LogP contribution in [-0.4, -0.2) is 21.0 Å². The summed E-state index contributed by atoms with van der Waals surface area (Å²) < 4.78 is 5.77. The van der Waals surface area contributed by atoms with Crippen molar-refractivity contribution in [3.63, 3.8) is 0 Å². The second kappa shape index (κ2) is 5.79. The number of carbonyl (C=O) groups is 1. The zero-order chi connectivity index (χ0) is 17.7. The molecule has 0 spiro atoms. The number of aromatic nitrogens is 2. The fourth-order valence-electron chi connectivity index (χ4n) is 5.96. The fraction of sp³-hybridized carbons (Fsp3) is 0.476. The van der Waals surface area contributed by atoms with Crippen LogP contribution in [0.2, 0.25) is 0 Å². The van der Waals surface area contributed by atoms with Crippen molar-refractivity contribution in [3.05, 3.63) is 48.0 Å². The average molecular weight is 350 g/mol. The molecule has 6 rings (SSSR count). The second-order valence-electron chi connectivity index (χ2n) is 8.37. The Morgan fingerprint density at radius 2 is 1.46 bits per heavy atom. The molecule has 4 saturated carbocycles. The first-order valence-electron chi connectivity index (χ1n) is 9.43. The summed E-state index contributed by atoms with van der Waals surface area (Å²) in [5.74, 6) is 2.60. The van der Waals surface area contributed by atoms with E-state index >= 15 is 0 Å². The Hall–Kier alpha value is -2.43. The van der Waals surface area contributed by atoms with E-state index in [1.54, 1.807) is 0 Å². The van der Waals surface area contributed by atoms with Crippen LogP contribution >= 0.6 is 0 Å². The van der Waals surface area contributed by atoms with Crippen molar-refractivity contribution < 1.29 is 14.6 Å². The minimum absolute atomic E-state index is 0.227. The lowest BCUT2D eigenvalue weighted by molar-refractivity contribution is -0.00520. The molecule has 0 atom stereocenters. The summed E-state index contributed by atoms with van der Waals surface area (Å²) in [4.78, 5) is 18.4. The third-order valence-electron chi connectivity index (χ3n) is 6.56. The van der Waals surface area contributed by atoms with Gasteiger partial charge in [0, 0.05) is 0 Å². The molecule has 0 saturated heterocycles. The number of ether oxygens (including phenoxy) is 1. The number of aromatic carboxylic acids is 1. The van der Waals surface area contributed by atoms with Gasteiger partial charge in [0.15, 0.2) is 5.75 Å². The predicted octanol–water partition coefficient (Wildman–Crippen LogP) is 4.43. The lowest BCUT2D eigenvalue weighted by atomic mass is 9.48. The molecule has 0 aliphatic heterocycles. The Morgan fingerprint density at radius 3 is 1.96 bits per heavy atom. The van der Waals surface area contributed by atoms with E-state index in [9.17, 15) is 4.79 Å². The minimum atomic E-state index is -1.14. The smallest absolute Gasteiger partial charge is 0.373 e. The van der Waals surface area contributed by atoms with Gasteiger partial charge in [-0.2, -0.15) is 0 Å². The lowest BCUT2D eigenvalue weighted by Crippen LogP contribution is -2.48. The van der Waals surface area contributed by atoms with Gasteiger partial charge in [-0.25, -0.2) is 14.8 Å². The van der Waals surface area contributed by atoms with Crippen molar-refractivity contribution in [2.45, 2.75) is 43.9 Å². The Bertz CT molecular complexity index is 794. The normalized spacial score (nSPS) is 31.8. The van der Waals surface area contributed by atoms with Gasteiger partial charge in [0.25, 0.3) is 0 Å². The lowest BCUT2D eigenvalue weighted by Gasteiger charge is -2.57. The van der Waals surface area contributed by atoms with Gasteiger partial charge in [-0.3, -0.25) is 0 Å². The van der Waals surface area contributed by atoms with Crippen molar-refractivity contribution in [3.8, 4) is 11.5 Å². The number of rotatable bonds is 4. The highest BCUT2D eigenvalue weighted by atomic mass is 16.5. The number of nitrogens with zero attached hydrogens (tertiary/aromatic N) is 2. The molecule has 0 radical (unpaired) electrons. The van der Waals surface area contributed by atoms with Crippen molar-refractivity contribution in [2.75, 3.05) is 0 Å². The van der Waals surface area contributed by atoms with Crippen LogP contribution < -0.4 is 4.74 Å². The fourth-order valence-corrected chi connectivity index (χ4v) is 5.96. The van der Waals surface area contributed by atoms with E-state index in [-0.39, 0.29) is 5.82 Å². The molecular weight excluding hydrogens is 328 g/mol. The molecule has 5 heteroatoms. The van der Waals surface area contributed by atoms with Gasteiger partial charge in [-0.1, -0.05) is 12.1 Å². The summed E-state index contributed by atoms with van der Waals surface area (Å²) in [6.45, 7) is 0. The monoisotopic (exact) mass is 350 g/mol. The molecule has 0 amide bonds. The predicted molar refractivity (Wildman–Crippen MR) is 95.4 cm³/mol. The molecule has 1 N–H and O–H groups in total. The van der Waals surface area contributed by atoms with Crippen LogP contribution in [0.25, 0.3) is 0 Å². The maximum atomic E-state index is 10.8. The standard InChI is InChI=1S/C21H22N2O3/c24-20(25)19-22-11-18(12-23-19)26-17-3-1-16(2-4-17)21-8-13-5-14(9-21)7-15(6-13)10-21/h1-4,11-15H,5-10H2,(H,24,25). The summed E-state index contributed by atoms with van der Waals surface area (Å²) in [7, 11) is 0. The Kier molecular flexibility index (Phi) is 3.52. The van der Waals surface area contributed by atoms with E-state index in [1.165, 1.54) is 56.5 Å². The van der Waals surface area contributed by atoms with E-state index in [0.717, 1.165) is 23.5 Å². The molecule has 4 aliphatic rings. The third kappa shape index (κ3) is 2.66. The average Bonchev–Trinajstić information content (AvgIpc) is 2.61. The second-order valence-corrected chi connectivity index (χ2v) is 8.37. The van der Waals surface area contributed by atoms with Gasteiger partial charge in [-0.15, -0.1) is 0 Å². The van der Waals surface area contributed by atoms with Crippen LogP contribution in [0.4, 0.5) is 0 Å². The largest absolute Gasteiger partial charge is 0.475 e. The van der Waals surface area contributed by atoms with Crippen LogP contribution in [0.3, 0.4) is 0 Å². The molecule has 0 unspecified atom stereocenters. The van der Waals surface area contributed by atoms with E-state index in [1.807, 2.05) is 12.1 Å². The van der Waals surface area contributed by atoms with Gasteiger partial charge >= 0.3 is 5.97 Å². The van der Waals surface area contributed by atoms with E-state index < -0.39 is 5.97 Å². The quantitative estimate of drug-likeness (QED) is 0.883. The third-order valence-corrected chi connectivity index (χ3v) is 6.56. The maximum absolute atomic E-state index is 10.8. The SMILES string of the molecule is O=C(O)c1ncc(Oc2ccc(C34CC5CC(CC(C5)C3)C4)cc2)cn1. The van der Waals surface area contributed by atoms with Gasteiger partial charge < -0.3 is 9.84 Å². The van der Waals surface area contributed by atoms with E-state index in [4.69, 9.17) is 9.84 Å². The highest BCUT2D eigenvalue weighted by Gasteiger charge is 2.51. The number of carboxylic acids is 1. The van der Waals surface area contributed by atoms with Crippen molar-refractivity contribution in [1.29, 1.82) is 0 Å². The van der Waals surface area contributed by atoms with Crippen LogP contribution in [0, 0.1) is 17.8 Å². The maximum Gasteiger partial charge on any atom is 0.373 e. The molecular formula is C21H22N2O3. The van der Waals surface area contributed by atoms with Crippen LogP contribution in [0.1, 0.15) is 54.7 Å². The molecule has 1 aromatic heterocycles. The highest BCUT2D eigenvalue weighted by molar-refractivity contribution is 5.82. The molecule has 2 aromatic rings. The van der Waals surface area contributed by atoms with Crippen LogP contribution in [-0.2, 0) is 5.41 Å². The summed E-state index contributed by atoms with van der Waals surface area (Å²) in [6.07, 6.45) is 11.2. The molecule has 1 aromatic carbocycles. The van der Waals surface area contributed by atoms with Gasteiger partial charge in [-0.05, 0) is 79.4 Å². The zero-order valence-electron chi connectivity index (χ0n) is 14.6. The zero-order valence-corrected chi connectivity index (χ0v) is 14.6. The van der Waals surface area contributed by atoms with Gasteiger partial charge in [0.05, 0.1) is 12.4 Å². The number of benzene rings is 1. The molecule has 4 fully saturated rings. The number of hydrogen-bond acceptors (Lipinski definition) is 4. The van der Waals surface area contributed by atoms with Crippen molar-refractivity contribution in [1.82, 2.24) is 9.97 Å². The molecule has 26 heavy (non-hydrogen) atoms. The number of hydrogen-bond donors (Lipinski definition) is 1. The summed E-state index contributed by atoms with van der Waals surface area (Å²) in [5.41, 5.74) is 1.85. The molecule has 4 bridgehead atoms. The first kappa shape index (κ1) is 15.8. The number of carboxylic acid groups (broad SMARTS) is 1. The van der Waals surface area contributed by atoms with E-state index in [0.29, 0.717) is 11.2 Å². The first-order valence-corrected chi connectivity index (χ1v) is 9.43. The molecule has 134 valence electrons. The van der Waals surface area contributed by atoms with Gasteiger partial charge in [0.2, 0.25) is 5.82 Å². The molecule has 5 nitrogen and oxygen atoms in total. The topological polar surface area (TPSA) is 72.3 Å². The van der Waals surface area contributed by atoms with Gasteiger partial charge in [0.1, 0.15) is 5.75 Å². The molecule has 4 aliphatic carbocycles. The summed E-state index contributed by atoms with van der Waals surface area (Å²) in [6, 6.07) is 8.46. The Balaban J connectivity index is 1.34. The minimum Gasteiger partial charge on any atom is -0.475 e. The van der Waals surface area contributed by atoms with Crippen molar-refractivity contribution in [2.24, 2.45) is 17.8 Å². The Morgan fingerprint density at radius 1 is 0.923 bits per heavy atom. The summed E-state index contributed by atoms with van der Waals surface area (Å²) >= 11 is 0. The Labute approximate surface area is 152 Å². The highest BCUT2D eigenvalue weighted by Crippen LogP contribution is 2.60. The van der Waals surface area contributed by atoms with Crippen molar-refractivity contribution >= 4 is 5.97 Å². The first-order chi connectivity index (χ1) is 12.6. The summed E-state index contributed by atoms with van der Waals surface area (Å²) in [5, 5.41) is 8.85. The molecule has 1 heterocycles. The van der Waals surface area contributed by atoms with Crippen LogP contribution in [0.5, 0.6) is 11.5 Å².